The molecule has 0 fully saturated rings. The second kappa shape index (κ2) is 3.43. The minimum atomic E-state index is -1.24. The number of carbonyl (C=O) groups excluding carboxylic acids is 1. The third-order valence-corrected chi connectivity index (χ3v) is 0.559. The maximum atomic E-state index is 10.2. The molecule has 3 nitrogen and oxygen atoms in total. The SMILES string of the molecule is [CH2]C(O)C(=O)OCC. The van der Waals surface area contributed by atoms with Crippen LogP contribution >= 0.6 is 0 Å². The average Bonchev–Trinajstić information content (AvgIpc) is 1.67. The van der Waals surface area contributed by atoms with Crippen molar-refractivity contribution in [1.82, 2.24) is 0 Å². The van der Waals surface area contributed by atoms with E-state index in [1.165, 1.54) is 0 Å². The van der Waals surface area contributed by atoms with Crippen LogP contribution in [0.2, 0.25) is 0 Å². The van der Waals surface area contributed by atoms with E-state index in [1.54, 1.807) is 6.92 Å². The van der Waals surface area contributed by atoms with Gasteiger partial charge >= 0.3 is 5.97 Å². The summed E-state index contributed by atoms with van der Waals surface area (Å²) in [6, 6.07) is 0. The zero-order chi connectivity index (χ0) is 6.57. The molecule has 0 aromatic rings. The number of rotatable bonds is 2. The molecule has 0 aliphatic rings. The molecular formula is C5H9O3. The van der Waals surface area contributed by atoms with Gasteiger partial charge in [0.1, 0.15) is 0 Å². The molecule has 0 aliphatic heterocycles. The summed E-state index contributed by atoms with van der Waals surface area (Å²) in [4.78, 5) is 10.2. The zero-order valence-corrected chi connectivity index (χ0v) is 4.76. The van der Waals surface area contributed by atoms with Crippen molar-refractivity contribution in [2.45, 2.75) is 13.0 Å². The Morgan fingerprint density at radius 2 is 2.50 bits per heavy atom. The van der Waals surface area contributed by atoms with Gasteiger partial charge in [0.25, 0.3) is 0 Å². The van der Waals surface area contributed by atoms with Gasteiger partial charge in [-0.1, -0.05) is 0 Å². The summed E-state index contributed by atoms with van der Waals surface area (Å²) >= 11 is 0. The molecule has 0 aromatic heterocycles. The fraction of sp³-hybridized carbons (Fsp3) is 0.600. The van der Waals surface area contributed by atoms with E-state index in [9.17, 15) is 4.79 Å². The standard InChI is InChI=1S/C5H9O3/c1-3-8-5(7)4(2)6/h4,6H,2-3H2,1H3. The van der Waals surface area contributed by atoms with Crippen LogP contribution in [0.25, 0.3) is 0 Å². The van der Waals surface area contributed by atoms with Gasteiger partial charge in [-0.15, -0.1) is 0 Å². The van der Waals surface area contributed by atoms with Crippen molar-refractivity contribution >= 4 is 5.97 Å². The first-order valence-corrected chi connectivity index (χ1v) is 2.36. The minimum Gasteiger partial charge on any atom is -0.464 e. The van der Waals surface area contributed by atoms with E-state index >= 15 is 0 Å². The predicted molar refractivity (Wildman–Crippen MR) is 28.0 cm³/mol. The molecule has 0 heterocycles. The highest BCUT2D eigenvalue weighted by Gasteiger charge is 2.07. The third-order valence-electron chi connectivity index (χ3n) is 0.559. The molecule has 0 aromatic carbocycles. The van der Waals surface area contributed by atoms with E-state index in [-0.39, 0.29) is 6.61 Å². The van der Waals surface area contributed by atoms with Gasteiger partial charge in [-0.2, -0.15) is 0 Å². The Kier molecular flexibility index (Phi) is 3.19. The maximum absolute atomic E-state index is 10.2. The summed E-state index contributed by atoms with van der Waals surface area (Å²) in [5.41, 5.74) is 0. The topological polar surface area (TPSA) is 46.5 Å². The van der Waals surface area contributed by atoms with E-state index in [0.29, 0.717) is 0 Å². The zero-order valence-electron chi connectivity index (χ0n) is 4.76. The van der Waals surface area contributed by atoms with Gasteiger partial charge in [-0.3, -0.25) is 0 Å². The highest BCUT2D eigenvalue weighted by molar-refractivity contribution is 5.74. The van der Waals surface area contributed by atoms with E-state index < -0.39 is 12.1 Å². The van der Waals surface area contributed by atoms with Crippen LogP contribution in [0.1, 0.15) is 6.92 Å². The van der Waals surface area contributed by atoms with Gasteiger partial charge in [0.2, 0.25) is 0 Å². The largest absolute Gasteiger partial charge is 0.464 e. The summed E-state index contributed by atoms with van der Waals surface area (Å²) in [5, 5.41) is 8.37. The molecule has 0 spiro atoms. The first kappa shape index (κ1) is 7.43. The Balaban J connectivity index is 3.33. The molecule has 1 unspecified atom stereocenters. The van der Waals surface area contributed by atoms with Crippen molar-refractivity contribution in [2.75, 3.05) is 6.61 Å². The smallest absolute Gasteiger partial charge is 0.334 e. The average molecular weight is 117 g/mol. The van der Waals surface area contributed by atoms with E-state index in [0.717, 1.165) is 0 Å². The Morgan fingerprint density at radius 3 is 2.62 bits per heavy atom. The van der Waals surface area contributed by atoms with E-state index in [2.05, 4.69) is 11.7 Å². The van der Waals surface area contributed by atoms with Crippen molar-refractivity contribution in [2.24, 2.45) is 0 Å². The van der Waals surface area contributed by atoms with Gasteiger partial charge in [-0.25, -0.2) is 4.79 Å². The van der Waals surface area contributed by atoms with E-state index in [4.69, 9.17) is 5.11 Å². The molecular weight excluding hydrogens is 108 g/mol. The predicted octanol–water partition coefficient (Wildman–Crippen LogP) is -0.256. The molecule has 1 radical (unpaired) electrons. The molecule has 47 valence electrons. The lowest BCUT2D eigenvalue weighted by molar-refractivity contribution is -0.150. The van der Waals surface area contributed by atoms with Crippen molar-refractivity contribution in [1.29, 1.82) is 0 Å². The highest BCUT2D eigenvalue weighted by atomic mass is 16.5. The molecule has 1 atom stereocenters. The van der Waals surface area contributed by atoms with Crippen molar-refractivity contribution < 1.29 is 14.6 Å². The fourth-order valence-electron chi connectivity index (χ4n) is 0.238. The fourth-order valence-corrected chi connectivity index (χ4v) is 0.238. The van der Waals surface area contributed by atoms with Crippen molar-refractivity contribution in [3.8, 4) is 0 Å². The van der Waals surface area contributed by atoms with Crippen molar-refractivity contribution in [3.63, 3.8) is 0 Å². The Labute approximate surface area is 48.3 Å². The summed E-state index contributed by atoms with van der Waals surface area (Å²) in [6.07, 6.45) is -1.24. The number of aliphatic hydroxyl groups excluding tert-OH is 1. The van der Waals surface area contributed by atoms with Gasteiger partial charge in [0, 0.05) is 0 Å². The molecule has 0 amide bonds. The van der Waals surface area contributed by atoms with Crippen LogP contribution in [0.5, 0.6) is 0 Å². The third kappa shape index (κ3) is 2.58. The number of carbonyl (C=O) groups is 1. The monoisotopic (exact) mass is 117 g/mol. The van der Waals surface area contributed by atoms with Crippen LogP contribution in [0.3, 0.4) is 0 Å². The molecule has 3 heteroatoms. The Hall–Kier alpha value is -0.570. The molecule has 0 rings (SSSR count). The minimum absolute atomic E-state index is 0.283. The van der Waals surface area contributed by atoms with Crippen LogP contribution in [-0.2, 0) is 9.53 Å². The Bertz CT molecular complexity index is 77.7. The normalized spacial score (nSPS) is 12.9. The van der Waals surface area contributed by atoms with Gasteiger partial charge in [-0.05, 0) is 13.8 Å². The van der Waals surface area contributed by atoms with Gasteiger partial charge < -0.3 is 9.84 Å². The van der Waals surface area contributed by atoms with Gasteiger partial charge in [0.05, 0.1) is 6.61 Å². The molecule has 0 bridgehead atoms. The number of ether oxygens (including phenoxy) is 1. The molecule has 0 aliphatic carbocycles. The first-order valence-electron chi connectivity index (χ1n) is 2.36. The second-order valence-electron chi connectivity index (χ2n) is 1.27. The number of aliphatic hydroxyl groups is 1. The number of hydrogen-bond acceptors (Lipinski definition) is 3. The van der Waals surface area contributed by atoms with Crippen LogP contribution in [0, 0.1) is 6.92 Å². The maximum Gasteiger partial charge on any atom is 0.334 e. The lowest BCUT2D eigenvalue weighted by Gasteiger charge is -2.01. The van der Waals surface area contributed by atoms with Gasteiger partial charge in [0.15, 0.2) is 6.10 Å². The second-order valence-corrected chi connectivity index (χ2v) is 1.27. The number of esters is 1. The van der Waals surface area contributed by atoms with E-state index in [1.807, 2.05) is 0 Å². The molecule has 0 saturated carbocycles. The summed E-state index contributed by atoms with van der Waals surface area (Å²) < 4.78 is 4.35. The van der Waals surface area contributed by atoms with Crippen LogP contribution < -0.4 is 0 Å². The molecule has 1 N–H and O–H groups in total. The quantitative estimate of drug-likeness (QED) is 0.507. The first-order chi connectivity index (χ1) is 3.68. The number of hydrogen-bond donors (Lipinski definition) is 1. The summed E-state index contributed by atoms with van der Waals surface area (Å²) in [6.45, 7) is 4.99. The molecule has 0 saturated heterocycles. The Morgan fingerprint density at radius 1 is 2.00 bits per heavy atom. The lowest BCUT2D eigenvalue weighted by Crippen LogP contribution is -2.19. The lowest BCUT2D eigenvalue weighted by atomic mass is 10.4. The summed E-state index contributed by atoms with van der Waals surface area (Å²) in [5.74, 6) is -0.674. The summed E-state index contributed by atoms with van der Waals surface area (Å²) in [7, 11) is 0. The van der Waals surface area contributed by atoms with Crippen LogP contribution in [-0.4, -0.2) is 23.8 Å². The molecule has 8 heavy (non-hydrogen) atoms. The van der Waals surface area contributed by atoms with Crippen LogP contribution in [0.15, 0.2) is 0 Å². The van der Waals surface area contributed by atoms with Crippen LogP contribution in [0.4, 0.5) is 0 Å². The van der Waals surface area contributed by atoms with Crippen molar-refractivity contribution in [3.05, 3.63) is 6.92 Å². The highest BCUT2D eigenvalue weighted by Crippen LogP contribution is 1.83.